The van der Waals surface area contributed by atoms with E-state index in [0.29, 0.717) is 24.2 Å². The summed E-state index contributed by atoms with van der Waals surface area (Å²) in [5, 5.41) is 0. The third-order valence-corrected chi connectivity index (χ3v) is 2.86. The number of anilines is 2. The molecule has 0 fully saturated rings. The van der Waals surface area contributed by atoms with Gasteiger partial charge in [0.2, 0.25) is 0 Å². The average molecular weight is 263 g/mol. The van der Waals surface area contributed by atoms with Gasteiger partial charge in [-0.25, -0.2) is 0 Å². The van der Waals surface area contributed by atoms with Gasteiger partial charge >= 0.3 is 0 Å². The first-order valence-electron chi connectivity index (χ1n) is 6.50. The molecule has 19 heavy (non-hydrogen) atoms. The molecule has 0 aliphatic carbocycles. The van der Waals surface area contributed by atoms with Gasteiger partial charge in [-0.2, -0.15) is 4.98 Å². The van der Waals surface area contributed by atoms with Gasteiger partial charge < -0.3 is 19.8 Å². The molecular formula is C14H21N3O2. The Morgan fingerprint density at radius 1 is 1.42 bits per heavy atom. The van der Waals surface area contributed by atoms with Crippen molar-refractivity contribution in [1.82, 2.24) is 4.98 Å². The topological polar surface area (TPSA) is 64.5 Å². The maximum atomic E-state index is 5.91. The van der Waals surface area contributed by atoms with E-state index in [2.05, 4.69) is 23.7 Å². The maximum absolute atomic E-state index is 5.91. The van der Waals surface area contributed by atoms with Crippen LogP contribution in [0.1, 0.15) is 13.8 Å². The van der Waals surface area contributed by atoms with Crippen molar-refractivity contribution in [3.63, 3.8) is 0 Å². The normalized spacial score (nSPS) is 11.4. The van der Waals surface area contributed by atoms with Gasteiger partial charge in [0, 0.05) is 20.2 Å². The van der Waals surface area contributed by atoms with Crippen molar-refractivity contribution in [3.05, 3.63) is 18.2 Å². The number of nitrogens with two attached hydrogens (primary N) is 1. The largest absolute Gasteiger partial charge is 0.423 e. The van der Waals surface area contributed by atoms with Gasteiger partial charge in [0.15, 0.2) is 5.58 Å². The van der Waals surface area contributed by atoms with Gasteiger partial charge in [0.05, 0.1) is 12.3 Å². The summed E-state index contributed by atoms with van der Waals surface area (Å²) < 4.78 is 10.9. The molecule has 2 rings (SSSR count). The zero-order valence-corrected chi connectivity index (χ0v) is 11.7. The first kappa shape index (κ1) is 13.7. The first-order chi connectivity index (χ1) is 9.11. The lowest BCUT2D eigenvalue weighted by Gasteiger charge is -2.21. The molecule has 104 valence electrons. The Morgan fingerprint density at radius 2 is 2.21 bits per heavy atom. The molecule has 0 saturated carbocycles. The van der Waals surface area contributed by atoms with Crippen LogP contribution >= 0.6 is 0 Å². The predicted octanol–water partition coefficient (Wildman–Crippen LogP) is 2.52. The zero-order valence-electron chi connectivity index (χ0n) is 11.7. The second-order valence-electron chi connectivity index (χ2n) is 5.02. The van der Waals surface area contributed by atoms with Crippen LogP contribution in [0.5, 0.6) is 0 Å². The Bertz CT molecular complexity index is 536. The molecule has 0 radical (unpaired) electrons. The second-order valence-corrected chi connectivity index (χ2v) is 5.02. The number of para-hydroxylation sites is 1. The summed E-state index contributed by atoms with van der Waals surface area (Å²) in [6.07, 6.45) is 0. The van der Waals surface area contributed by atoms with E-state index >= 15 is 0 Å². The Kier molecular flexibility index (Phi) is 4.27. The Labute approximate surface area is 113 Å². The number of ether oxygens (including phenoxy) is 1. The first-order valence-corrected chi connectivity index (χ1v) is 6.50. The molecule has 2 aromatic rings. The highest BCUT2D eigenvalue weighted by Crippen LogP contribution is 2.26. The van der Waals surface area contributed by atoms with Crippen LogP contribution in [0, 0.1) is 5.92 Å². The molecular weight excluding hydrogens is 242 g/mol. The van der Waals surface area contributed by atoms with Gasteiger partial charge in [-0.3, -0.25) is 0 Å². The minimum Gasteiger partial charge on any atom is -0.423 e. The van der Waals surface area contributed by atoms with Gasteiger partial charge in [-0.05, 0) is 18.1 Å². The summed E-state index contributed by atoms with van der Waals surface area (Å²) in [6.45, 7) is 6.59. The van der Waals surface area contributed by atoms with Gasteiger partial charge in [-0.1, -0.05) is 19.9 Å². The number of methoxy groups -OCH3 is 1. The molecule has 5 nitrogen and oxygen atoms in total. The summed E-state index contributed by atoms with van der Waals surface area (Å²) in [5.41, 5.74) is 8.00. The van der Waals surface area contributed by atoms with Crippen LogP contribution < -0.4 is 10.6 Å². The molecule has 2 N–H and O–H groups in total. The van der Waals surface area contributed by atoms with Crippen LogP contribution in [-0.2, 0) is 4.74 Å². The van der Waals surface area contributed by atoms with E-state index in [1.807, 2.05) is 18.2 Å². The van der Waals surface area contributed by atoms with E-state index in [-0.39, 0.29) is 0 Å². The number of oxazole rings is 1. The van der Waals surface area contributed by atoms with E-state index in [1.165, 1.54) is 0 Å². The number of nitrogen functional groups attached to an aromatic ring is 1. The number of hydrogen-bond acceptors (Lipinski definition) is 5. The summed E-state index contributed by atoms with van der Waals surface area (Å²) in [7, 11) is 1.69. The minimum atomic E-state index is 0.518. The van der Waals surface area contributed by atoms with Crippen LogP contribution in [0.15, 0.2) is 22.6 Å². The Morgan fingerprint density at radius 3 is 2.84 bits per heavy atom. The van der Waals surface area contributed by atoms with Crippen molar-refractivity contribution in [2.45, 2.75) is 13.8 Å². The highest BCUT2D eigenvalue weighted by Gasteiger charge is 2.16. The lowest BCUT2D eigenvalue weighted by atomic mass is 10.2. The van der Waals surface area contributed by atoms with E-state index in [9.17, 15) is 0 Å². The third kappa shape index (κ3) is 3.17. The summed E-state index contributed by atoms with van der Waals surface area (Å²) >= 11 is 0. The molecule has 0 spiro atoms. The molecule has 1 aromatic heterocycles. The quantitative estimate of drug-likeness (QED) is 0.811. The molecule has 0 aliphatic heterocycles. The van der Waals surface area contributed by atoms with Crippen LogP contribution in [0.2, 0.25) is 0 Å². The number of hydrogen-bond donors (Lipinski definition) is 1. The van der Waals surface area contributed by atoms with Gasteiger partial charge in [0.1, 0.15) is 5.52 Å². The number of fused-ring (bicyclic) bond motifs is 1. The Balaban J connectivity index is 2.29. The minimum absolute atomic E-state index is 0.518. The van der Waals surface area contributed by atoms with Crippen LogP contribution in [0.3, 0.4) is 0 Å². The standard InChI is InChI=1S/C14H21N3O2/c1-10(2)9-17(7-8-18-3)14-16-13-11(15)5-4-6-12(13)19-14/h4-6,10H,7-9,15H2,1-3H3. The zero-order chi connectivity index (χ0) is 13.8. The summed E-state index contributed by atoms with van der Waals surface area (Å²) in [4.78, 5) is 6.59. The fourth-order valence-electron chi connectivity index (χ4n) is 2.00. The summed E-state index contributed by atoms with van der Waals surface area (Å²) in [5.74, 6) is 0.518. The molecule has 0 unspecified atom stereocenters. The molecule has 5 heteroatoms. The average Bonchev–Trinajstić information content (AvgIpc) is 2.79. The lowest BCUT2D eigenvalue weighted by molar-refractivity contribution is 0.203. The molecule has 0 aliphatic rings. The van der Waals surface area contributed by atoms with Crippen molar-refractivity contribution < 1.29 is 9.15 Å². The van der Waals surface area contributed by atoms with Crippen LogP contribution in [0.4, 0.5) is 11.7 Å². The predicted molar refractivity (Wildman–Crippen MR) is 77.3 cm³/mol. The van der Waals surface area contributed by atoms with E-state index < -0.39 is 0 Å². The van der Waals surface area contributed by atoms with Gasteiger partial charge in [0.25, 0.3) is 6.01 Å². The third-order valence-electron chi connectivity index (χ3n) is 2.86. The fraction of sp³-hybridized carbons (Fsp3) is 0.500. The van der Waals surface area contributed by atoms with Crippen molar-refractivity contribution in [2.24, 2.45) is 5.92 Å². The monoisotopic (exact) mass is 263 g/mol. The fourth-order valence-corrected chi connectivity index (χ4v) is 2.00. The Hall–Kier alpha value is -1.75. The maximum Gasteiger partial charge on any atom is 0.298 e. The van der Waals surface area contributed by atoms with E-state index in [1.54, 1.807) is 7.11 Å². The van der Waals surface area contributed by atoms with Crippen LogP contribution in [-0.4, -0.2) is 31.8 Å². The number of nitrogens with zero attached hydrogens (tertiary/aromatic N) is 2. The smallest absolute Gasteiger partial charge is 0.298 e. The SMILES string of the molecule is COCCN(CC(C)C)c1nc2c(N)cccc2o1. The van der Waals surface area contributed by atoms with Gasteiger partial charge in [-0.15, -0.1) is 0 Å². The van der Waals surface area contributed by atoms with Crippen molar-refractivity contribution in [2.75, 3.05) is 37.4 Å². The number of aromatic nitrogens is 1. The number of rotatable bonds is 6. The molecule has 1 heterocycles. The lowest BCUT2D eigenvalue weighted by Crippen LogP contribution is -2.31. The molecule has 1 aromatic carbocycles. The van der Waals surface area contributed by atoms with Crippen molar-refractivity contribution in [3.8, 4) is 0 Å². The molecule has 0 bridgehead atoms. The van der Waals surface area contributed by atoms with E-state index in [4.69, 9.17) is 14.9 Å². The van der Waals surface area contributed by atoms with Crippen molar-refractivity contribution >= 4 is 22.8 Å². The highest BCUT2D eigenvalue weighted by atomic mass is 16.5. The van der Waals surface area contributed by atoms with Crippen LogP contribution in [0.25, 0.3) is 11.1 Å². The van der Waals surface area contributed by atoms with Crippen molar-refractivity contribution in [1.29, 1.82) is 0 Å². The molecule has 0 atom stereocenters. The second kappa shape index (κ2) is 5.93. The molecule has 0 amide bonds. The number of benzene rings is 1. The van der Waals surface area contributed by atoms with E-state index in [0.717, 1.165) is 24.2 Å². The summed E-state index contributed by atoms with van der Waals surface area (Å²) in [6, 6.07) is 6.19. The molecule has 0 saturated heterocycles. The highest BCUT2D eigenvalue weighted by molar-refractivity contribution is 5.86.